The number of aromatic nitrogens is 4. The third kappa shape index (κ3) is 5.45. The number of aryl methyl sites for hydroxylation is 2. The SMILES string of the molecule is Cc1cc2c(cc1C)[C@@]1(C)N=C(c3ccnc(Oc4cc5c(cn4)c4cc(C(C)(C)C)ccc4n5-c4cc(C(C)(C)C)ccn4)c3)O[C@@]1(C(C)(C)C)C2. The summed E-state index contributed by atoms with van der Waals surface area (Å²) in [6.45, 7) is 26.8. The Bertz CT molecular complexity index is 2490. The summed E-state index contributed by atoms with van der Waals surface area (Å²) in [7, 11) is 0. The topological polar surface area (TPSA) is 74.4 Å². The van der Waals surface area contributed by atoms with Gasteiger partial charge in [-0.1, -0.05) is 80.5 Å². The van der Waals surface area contributed by atoms with Gasteiger partial charge in [0.25, 0.3) is 0 Å². The van der Waals surface area contributed by atoms with Crippen molar-refractivity contribution >= 4 is 27.7 Å². The monoisotopic (exact) mass is 705 g/mol. The van der Waals surface area contributed by atoms with Gasteiger partial charge in [0.1, 0.15) is 17.0 Å². The van der Waals surface area contributed by atoms with Crippen molar-refractivity contribution in [3.8, 4) is 17.6 Å². The molecule has 0 amide bonds. The first-order valence-corrected chi connectivity index (χ1v) is 18.7. The van der Waals surface area contributed by atoms with Crippen molar-refractivity contribution in [2.24, 2.45) is 10.4 Å². The number of pyridine rings is 3. The molecule has 0 radical (unpaired) electrons. The summed E-state index contributed by atoms with van der Waals surface area (Å²) in [6, 6.07) is 21.5. The van der Waals surface area contributed by atoms with Crippen LogP contribution < -0.4 is 4.74 Å². The van der Waals surface area contributed by atoms with E-state index in [1.165, 1.54) is 33.4 Å². The van der Waals surface area contributed by atoms with Crippen LogP contribution in [0.2, 0.25) is 0 Å². The number of benzene rings is 2. The molecule has 2 aromatic carbocycles. The number of hydrogen-bond donors (Lipinski definition) is 0. The summed E-state index contributed by atoms with van der Waals surface area (Å²) in [6.07, 6.45) is 6.36. The molecule has 7 heteroatoms. The maximum Gasteiger partial charge on any atom is 0.223 e. The number of rotatable bonds is 4. The van der Waals surface area contributed by atoms with Gasteiger partial charge in [0.2, 0.25) is 17.7 Å². The van der Waals surface area contributed by atoms with Crippen molar-refractivity contribution in [1.29, 1.82) is 0 Å². The summed E-state index contributed by atoms with van der Waals surface area (Å²) in [5, 5.41) is 2.17. The molecule has 7 nitrogen and oxygen atoms in total. The average molecular weight is 706 g/mol. The Hall–Kier alpha value is -5.04. The molecule has 8 rings (SSSR count). The van der Waals surface area contributed by atoms with Gasteiger partial charge >= 0.3 is 0 Å². The lowest BCUT2D eigenvalue weighted by atomic mass is 9.66. The maximum absolute atomic E-state index is 7.06. The molecule has 1 aliphatic heterocycles. The molecule has 2 atom stereocenters. The standard InChI is InChI=1S/C46H51N5O2/c1-27-19-30-25-46(44(9,10)11)45(12,35(30)20-28(27)2)50-41(53-46)29-15-17-48-39(21-29)52-40-24-37-34(26-49-40)33-22-31(42(3,4)5)13-14-36(33)51(37)38-23-32(16-18-47-38)43(6,7)8/h13-24,26H,25H2,1-12H3/t45-,46-/m1/s1. The van der Waals surface area contributed by atoms with Crippen LogP contribution in [-0.2, 0) is 27.5 Å². The second-order valence-corrected chi connectivity index (χ2v) is 18.4. The van der Waals surface area contributed by atoms with Crippen LogP contribution in [0.25, 0.3) is 27.6 Å². The van der Waals surface area contributed by atoms with Gasteiger partial charge in [-0.2, -0.15) is 0 Å². The van der Waals surface area contributed by atoms with E-state index >= 15 is 0 Å². The summed E-state index contributed by atoms with van der Waals surface area (Å²) >= 11 is 0. The van der Waals surface area contributed by atoms with E-state index in [9.17, 15) is 0 Å². The molecule has 0 fully saturated rings. The molecule has 0 N–H and O–H groups in total. The quantitative estimate of drug-likeness (QED) is 0.182. The molecule has 1 aliphatic carbocycles. The van der Waals surface area contributed by atoms with Gasteiger partial charge in [-0.3, -0.25) is 4.57 Å². The van der Waals surface area contributed by atoms with Crippen molar-refractivity contribution in [3.05, 3.63) is 118 Å². The van der Waals surface area contributed by atoms with Crippen LogP contribution in [0.5, 0.6) is 11.8 Å². The van der Waals surface area contributed by atoms with E-state index in [1.54, 1.807) is 6.20 Å². The van der Waals surface area contributed by atoms with E-state index in [-0.39, 0.29) is 16.2 Å². The molecule has 0 bridgehead atoms. The van der Waals surface area contributed by atoms with Crippen LogP contribution in [0.3, 0.4) is 0 Å². The highest BCUT2D eigenvalue weighted by Crippen LogP contribution is 2.60. The first-order valence-electron chi connectivity index (χ1n) is 18.7. The zero-order valence-corrected chi connectivity index (χ0v) is 33.3. The molecular formula is C46H51N5O2. The van der Waals surface area contributed by atoms with Crippen LogP contribution in [0.4, 0.5) is 0 Å². The number of aliphatic imine (C=N–C) groups is 1. The fraction of sp³-hybridized carbons (Fsp3) is 0.391. The molecule has 6 aromatic rings. The molecule has 0 spiro atoms. The highest BCUT2D eigenvalue weighted by molar-refractivity contribution is 6.09. The van der Waals surface area contributed by atoms with Gasteiger partial charge in [-0.05, 0) is 95.3 Å². The third-order valence-electron chi connectivity index (χ3n) is 11.8. The first kappa shape index (κ1) is 35.0. The number of fused-ring (bicyclic) bond motifs is 6. The molecule has 5 heterocycles. The lowest BCUT2D eigenvalue weighted by Crippen LogP contribution is -2.54. The highest BCUT2D eigenvalue weighted by Gasteiger charge is 2.66. The predicted molar refractivity (Wildman–Crippen MR) is 215 cm³/mol. The molecule has 4 aromatic heterocycles. The van der Waals surface area contributed by atoms with Crippen molar-refractivity contribution in [2.75, 3.05) is 0 Å². The molecule has 0 saturated carbocycles. The number of nitrogens with zero attached hydrogens (tertiary/aromatic N) is 5. The lowest BCUT2D eigenvalue weighted by Gasteiger charge is -2.45. The van der Waals surface area contributed by atoms with Gasteiger partial charge in [-0.25, -0.2) is 19.9 Å². The summed E-state index contributed by atoms with van der Waals surface area (Å²) < 4.78 is 15.7. The van der Waals surface area contributed by atoms with E-state index in [1.807, 2.05) is 30.6 Å². The Kier molecular flexibility index (Phi) is 7.58. The fourth-order valence-corrected chi connectivity index (χ4v) is 8.46. The van der Waals surface area contributed by atoms with Crippen LogP contribution in [0, 0.1) is 19.3 Å². The van der Waals surface area contributed by atoms with E-state index < -0.39 is 11.1 Å². The molecule has 2 aliphatic rings. The van der Waals surface area contributed by atoms with Gasteiger partial charge in [0.05, 0.1) is 11.0 Å². The lowest BCUT2D eigenvalue weighted by molar-refractivity contribution is -0.0673. The molecule has 0 unspecified atom stereocenters. The van der Waals surface area contributed by atoms with Crippen molar-refractivity contribution in [1.82, 2.24) is 19.5 Å². The Morgan fingerprint density at radius 2 is 1.38 bits per heavy atom. The van der Waals surface area contributed by atoms with E-state index in [4.69, 9.17) is 24.4 Å². The first-order chi connectivity index (χ1) is 24.8. The minimum Gasteiger partial charge on any atom is -0.467 e. The van der Waals surface area contributed by atoms with Gasteiger partial charge < -0.3 is 9.47 Å². The Morgan fingerprint density at radius 1 is 0.698 bits per heavy atom. The predicted octanol–water partition coefficient (Wildman–Crippen LogP) is 11.0. The van der Waals surface area contributed by atoms with Crippen molar-refractivity contribution in [3.63, 3.8) is 0 Å². The van der Waals surface area contributed by atoms with Gasteiger partial charge in [0, 0.05) is 58.9 Å². The van der Waals surface area contributed by atoms with Crippen molar-refractivity contribution < 1.29 is 9.47 Å². The maximum atomic E-state index is 7.06. The van der Waals surface area contributed by atoms with E-state index in [0.29, 0.717) is 17.7 Å². The summed E-state index contributed by atoms with van der Waals surface area (Å²) in [4.78, 5) is 19.7. The van der Waals surface area contributed by atoms with Crippen LogP contribution in [0.1, 0.15) is 108 Å². The Morgan fingerprint density at radius 3 is 2.09 bits per heavy atom. The minimum atomic E-state index is -0.538. The highest BCUT2D eigenvalue weighted by atomic mass is 16.5. The molecule has 53 heavy (non-hydrogen) atoms. The smallest absolute Gasteiger partial charge is 0.223 e. The minimum absolute atomic E-state index is 0.00250. The second kappa shape index (κ2) is 11.5. The summed E-state index contributed by atoms with van der Waals surface area (Å²) in [5.41, 5.74) is 9.19. The second-order valence-electron chi connectivity index (χ2n) is 18.4. The van der Waals surface area contributed by atoms with Crippen molar-refractivity contribution in [2.45, 2.75) is 111 Å². The van der Waals surface area contributed by atoms with E-state index in [2.05, 4.69) is 135 Å². The number of ether oxygens (including phenoxy) is 2. The zero-order valence-electron chi connectivity index (χ0n) is 33.3. The molecule has 272 valence electrons. The van der Waals surface area contributed by atoms with Crippen LogP contribution in [0.15, 0.2) is 84.2 Å². The van der Waals surface area contributed by atoms with Crippen LogP contribution >= 0.6 is 0 Å². The number of hydrogen-bond acceptors (Lipinski definition) is 6. The van der Waals surface area contributed by atoms with Crippen LogP contribution in [-0.4, -0.2) is 31.0 Å². The fourth-order valence-electron chi connectivity index (χ4n) is 8.46. The molecular weight excluding hydrogens is 655 g/mol. The largest absolute Gasteiger partial charge is 0.467 e. The Labute approximate surface area is 313 Å². The van der Waals surface area contributed by atoms with E-state index in [0.717, 1.165) is 39.6 Å². The summed E-state index contributed by atoms with van der Waals surface area (Å²) in [5.74, 6) is 2.33. The Balaban J connectivity index is 1.21. The van der Waals surface area contributed by atoms with Gasteiger partial charge in [-0.15, -0.1) is 0 Å². The third-order valence-corrected chi connectivity index (χ3v) is 11.8. The molecule has 0 saturated heterocycles. The normalized spacial score (nSPS) is 20.0. The zero-order chi connectivity index (χ0) is 37.9. The van der Waals surface area contributed by atoms with Gasteiger partial charge in [0.15, 0.2) is 0 Å². The average Bonchev–Trinajstić information content (AvgIpc) is 3.65.